The predicted octanol–water partition coefficient (Wildman–Crippen LogP) is 2.07. The highest BCUT2D eigenvalue weighted by Gasteiger charge is 2.21. The van der Waals surface area contributed by atoms with Gasteiger partial charge in [0.15, 0.2) is 0 Å². The smallest absolute Gasteiger partial charge is 0.293 e. The Morgan fingerprint density at radius 1 is 1.24 bits per heavy atom. The molecule has 0 saturated carbocycles. The van der Waals surface area contributed by atoms with Crippen molar-refractivity contribution in [1.29, 1.82) is 0 Å². The molecule has 0 aromatic heterocycles. The van der Waals surface area contributed by atoms with Crippen LogP contribution >= 0.6 is 0 Å². The van der Waals surface area contributed by atoms with Gasteiger partial charge in [0.05, 0.1) is 16.4 Å². The Labute approximate surface area is 146 Å². The lowest BCUT2D eigenvalue weighted by Gasteiger charge is -2.20. The average molecular weight is 365 g/mol. The monoisotopic (exact) mass is 365 g/mol. The molecule has 9 heteroatoms. The Bertz CT molecular complexity index is 883. The lowest BCUT2D eigenvalue weighted by Crippen LogP contribution is -2.25. The van der Waals surface area contributed by atoms with Crippen LogP contribution in [0, 0.1) is 17.0 Å². The molecule has 0 fully saturated rings. The molecule has 0 spiro atoms. The number of para-hydroxylation sites is 1. The van der Waals surface area contributed by atoms with Crippen LogP contribution in [-0.4, -0.2) is 33.5 Å². The molecule has 2 aromatic carbocycles. The van der Waals surface area contributed by atoms with E-state index in [-0.39, 0.29) is 16.3 Å². The van der Waals surface area contributed by atoms with Gasteiger partial charge in [-0.05, 0) is 30.7 Å². The number of anilines is 1. The molecule has 0 saturated heterocycles. The second-order valence-electron chi connectivity index (χ2n) is 5.49. The van der Waals surface area contributed by atoms with Gasteiger partial charge in [-0.3, -0.25) is 10.1 Å². The highest BCUT2D eigenvalue weighted by atomic mass is 32.2. The van der Waals surface area contributed by atoms with Gasteiger partial charge in [0.1, 0.15) is 18.0 Å². The minimum absolute atomic E-state index is 0.283. The van der Waals surface area contributed by atoms with Gasteiger partial charge in [-0.25, -0.2) is 13.6 Å². The lowest BCUT2D eigenvalue weighted by atomic mass is 10.2. The van der Waals surface area contributed by atoms with Crippen LogP contribution in [-0.2, 0) is 10.0 Å². The Morgan fingerprint density at radius 3 is 2.52 bits per heavy atom. The van der Waals surface area contributed by atoms with Crippen molar-refractivity contribution in [2.75, 3.05) is 25.1 Å². The summed E-state index contributed by atoms with van der Waals surface area (Å²) in [7, 11) is -2.34. The molecular weight excluding hydrogens is 346 g/mol. The first-order valence-electron chi connectivity index (χ1n) is 7.41. The molecule has 0 amide bonds. The van der Waals surface area contributed by atoms with Gasteiger partial charge >= 0.3 is 0 Å². The maximum atomic E-state index is 11.4. The summed E-state index contributed by atoms with van der Waals surface area (Å²) in [6.07, 6.45) is 0. The van der Waals surface area contributed by atoms with Crippen molar-refractivity contribution in [3.8, 4) is 5.75 Å². The summed E-state index contributed by atoms with van der Waals surface area (Å²) >= 11 is 0. The number of benzene rings is 2. The molecule has 2 rings (SSSR count). The average Bonchev–Trinajstić information content (AvgIpc) is 2.55. The molecule has 0 radical (unpaired) electrons. The Balaban J connectivity index is 2.14. The topological polar surface area (TPSA) is 116 Å². The van der Waals surface area contributed by atoms with Gasteiger partial charge in [-0.2, -0.15) is 0 Å². The van der Waals surface area contributed by atoms with Crippen LogP contribution in [0.2, 0.25) is 0 Å². The first-order valence-corrected chi connectivity index (χ1v) is 8.95. The van der Waals surface area contributed by atoms with Crippen LogP contribution < -0.4 is 14.8 Å². The number of rotatable bonds is 7. The normalized spacial score (nSPS) is 11.2. The Morgan fingerprint density at radius 2 is 1.92 bits per heavy atom. The SMILES string of the molecule is Cc1ccccc1OCCN(C)c1ccc(S(N)(=O)=O)cc1[N+](=O)[O-]. The first kappa shape index (κ1) is 18.7. The number of nitrogens with two attached hydrogens (primary N) is 1. The summed E-state index contributed by atoms with van der Waals surface area (Å²) in [4.78, 5) is 12.0. The van der Waals surface area contributed by atoms with Crippen molar-refractivity contribution in [1.82, 2.24) is 0 Å². The van der Waals surface area contributed by atoms with Gasteiger partial charge in [0.2, 0.25) is 10.0 Å². The molecule has 0 unspecified atom stereocenters. The van der Waals surface area contributed by atoms with E-state index in [1.807, 2.05) is 31.2 Å². The van der Waals surface area contributed by atoms with Crippen LogP contribution in [0.4, 0.5) is 11.4 Å². The largest absolute Gasteiger partial charge is 0.491 e. The van der Waals surface area contributed by atoms with E-state index in [0.29, 0.717) is 13.2 Å². The van der Waals surface area contributed by atoms with Gasteiger partial charge in [-0.15, -0.1) is 0 Å². The molecular formula is C16H19N3O5S. The number of ether oxygens (including phenoxy) is 1. The molecule has 2 N–H and O–H groups in total. The molecule has 0 aliphatic heterocycles. The van der Waals surface area contributed by atoms with E-state index in [2.05, 4.69) is 0 Å². The Kier molecular flexibility index (Phi) is 5.60. The number of sulfonamides is 1. The summed E-state index contributed by atoms with van der Waals surface area (Å²) in [5.41, 5.74) is 0.948. The van der Waals surface area contributed by atoms with Crippen LogP contribution in [0.25, 0.3) is 0 Å². The molecule has 0 aliphatic carbocycles. The van der Waals surface area contributed by atoms with Crippen molar-refractivity contribution < 1.29 is 18.1 Å². The fraction of sp³-hybridized carbons (Fsp3) is 0.250. The van der Waals surface area contributed by atoms with Gasteiger partial charge in [0, 0.05) is 13.1 Å². The van der Waals surface area contributed by atoms with Crippen molar-refractivity contribution >= 4 is 21.4 Å². The minimum atomic E-state index is -4.01. The molecule has 0 atom stereocenters. The number of hydrogen-bond acceptors (Lipinski definition) is 6. The third-order valence-electron chi connectivity index (χ3n) is 3.66. The molecule has 0 heterocycles. The third kappa shape index (κ3) is 4.68. The van der Waals surface area contributed by atoms with E-state index in [1.54, 1.807) is 11.9 Å². The fourth-order valence-electron chi connectivity index (χ4n) is 2.28. The predicted molar refractivity (Wildman–Crippen MR) is 94.4 cm³/mol. The molecule has 0 aliphatic rings. The number of primary sulfonamides is 1. The summed E-state index contributed by atoms with van der Waals surface area (Å²) in [5.74, 6) is 0.745. The van der Waals surface area contributed by atoms with E-state index in [9.17, 15) is 18.5 Å². The zero-order valence-corrected chi connectivity index (χ0v) is 14.7. The van der Waals surface area contributed by atoms with E-state index >= 15 is 0 Å². The van der Waals surface area contributed by atoms with Crippen molar-refractivity contribution in [3.63, 3.8) is 0 Å². The lowest BCUT2D eigenvalue weighted by molar-refractivity contribution is -0.384. The quantitative estimate of drug-likeness (QED) is 0.593. The van der Waals surface area contributed by atoms with Gasteiger partial charge in [0.25, 0.3) is 5.69 Å². The third-order valence-corrected chi connectivity index (χ3v) is 4.57. The van der Waals surface area contributed by atoms with Gasteiger partial charge < -0.3 is 9.64 Å². The Hall–Kier alpha value is -2.65. The summed E-state index contributed by atoms with van der Waals surface area (Å²) in [6.45, 7) is 2.62. The second-order valence-corrected chi connectivity index (χ2v) is 7.05. The van der Waals surface area contributed by atoms with Crippen molar-refractivity contribution in [3.05, 3.63) is 58.1 Å². The van der Waals surface area contributed by atoms with Crippen molar-refractivity contribution in [2.45, 2.75) is 11.8 Å². The van der Waals surface area contributed by atoms with Gasteiger partial charge in [-0.1, -0.05) is 18.2 Å². The number of nitro benzene ring substituents is 1. The van der Waals surface area contributed by atoms with Crippen molar-refractivity contribution in [2.24, 2.45) is 5.14 Å². The molecule has 8 nitrogen and oxygen atoms in total. The zero-order valence-electron chi connectivity index (χ0n) is 13.9. The van der Waals surface area contributed by atoms with Crippen LogP contribution in [0.3, 0.4) is 0 Å². The van der Waals surface area contributed by atoms with Crippen LogP contribution in [0.15, 0.2) is 47.4 Å². The minimum Gasteiger partial charge on any atom is -0.491 e. The van der Waals surface area contributed by atoms with E-state index in [4.69, 9.17) is 9.88 Å². The number of nitrogens with zero attached hydrogens (tertiary/aromatic N) is 2. The summed E-state index contributed by atoms with van der Waals surface area (Å²) in [6, 6.07) is 11.1. The number of aryl methyl sites for hydroxylation is 1. The van der Waals surface area contributed by atoms with E-state index in [1.165, 1.54) is 12.1 Å². The second kappa shape index (κ2) is 7.49. The fourth-order valence-corrected chi connectivity index (χ4v) is 2.81. The highest BCUT2D eigenvalue weighted by Crippen LogP contribution is 2.29. The molecule has 134 valence electrons. The maximum absolute atomic E-state index is 11.4. The summed E-state index contributed by atoms with van der Waals surface area (Å²) in [5, 5.41) is 16.3. The zero-order chi connectivity index (χ0) is 18.6. The van der Waals surface area contributed by atoms with Crippen LogP contribution in [0.5, 0.6) is 5.75 Å². The molecule has 0 bridgehead atoms. The standard InChI is InChI=1S/C16H19N3O5S/c1-12-5-3-4-6-16(12)24-10-9-18(2)14-8-7-13(25(17,22)23)11-15(14)19(20)21/h3-8,11H,9-10H2,1-2H3,(H2,17,22,23). The van der Waals surface area contributed by atoms with Crippen LogP contribution in [0.1, 0.15) is 5.56 Å². The summed E-state index contributed by atoms with van der Waals surface area (Å²) < 4.78 is 28.4. The number of likely N-dealkylation sites (N-methyl/N-ethyl adjacent to an activating group) is 1. The molecule has 2 aromatic rings. The van der Waals surface area contributed by atoms with E-state index in [0.717, 1.165) is 17.4 Å². The van der Waals surface area contributed by atoms with E-state index < -0.39 is 14.9 Å². The number of nitro groups is 1. The first-order chi connectivity index (χ1) is 11.7. The maximum Gasteiger partial charge on any atom is 0.293 e. The molecule has 25 heavy (non-hydrogen) atoms. The number of hydrogen-bond donors (Lipinski definition) is 1. The highest BCUT2D eigenvalue weighted by molar-refractivity contribution is 7.89.